The highest BCUT2D eigenvalue weighted by Crippen LogP contribution is 2.47. The first-order valence-corrected chi connectivity index (χ1v) is 10.2. The summed E-state index contributed by atoms with van der Waals surface area (Å²) in [5, 5.41) is 0. The summed E-state index contributed by atoms with van der Waals surface area (Å²) in [4.78, 5) is 13.0. The van der Waals surface area contributed by atoms with E-state index in [2.05, 4.69) is 38.4 Å². The van der Waals surface area contributed by atoms with Crippen molar-refractivity contribution in [2.75, 3.05) is 14.1 Å². The van der Waals surface area contributed by atoms with E-state index in [4.69, 9.17) is 5.73 Å². The Bertz CT molecular complexity index is 744. The number of quaternary nitrogens is 1. The Labute approximate surface area is 162 Å². The molecule has 2 fully saturated rings. The Morgan fingerprint density at radius 3 is 1.78 bits per heavy atom. The maximum Gasteiger partial charge on any atom is 0.232 e. The van der Waals surface area contributed by atoms with Crippen LogP contribution in [-0.4, -0.2) is 36.6 Å². The van der Waals surface area contributed by atoms with Gasteiger partial charge >= 0.3 is 0 Å². The second-order valence-electron chi connectivity index (χ2n) is 9.06. The highest BCUT2D eigenvalue weighted by molar-refractivity contribution is 5.90. The largest absolute Gasteiger partial charge is 0.369 e. The van der Waals surface area contributed by atoms with E-state index in [0.29, 0.717) is 18.0 Å². The minimum absolute atomic E-state index is 0.230. The molecule has 2 bridgehead atoms. The number of carbonyl (C=O) groups is 1. The molecule has 142 valence electrons. The molecule has 2 aliphatic rings. The zero-order valence-corrected chi connectivity index (χ0v) is 16.5. The normalized spacial score (nSPS) is 26.7. The molecule has 0 saturated carbocycles. The standard InChI is InChI=1S/C24H30N2O/c1-26(2)21-13-14-22(26)16-18(15-21)17-24(23(25)27,19-9-5-3-6-10-19)20-11-7-4-8-12-20/h3-12,18,21-22H,13-17H2,1-2H3,(H-,25,27)/p+1/t18-,21+,22-. The van der Waals surface area contributed by atoms with Crippen molar-refractivity contribution < 1.29 is 9.28 Å². The van der Waals surface area contributed by atoms with Crippen molar-refractivity contribution in [1.29, 1.82) is 0 Å². The predicted molar refractivity (Wildman–Crippen MR) is 109 cm³/mol. The number of piperidine rings is 1. The molecule has 0 spiro atoms. The van der Waals surface area contributed by atoms with Crippen molar-refractivity contribution in [1.82, 2.24) is 0 Å². The molecule has 2 aliphatic heterocycles. The van der Waals surface area contributed by atoms with Gasteiger partial charge < -0.3 is 10.2 Å². The van der Waals surface area contributed by atoms with Gasteiger partial charge in [0.05, 0.1) is 31.6 Å². The lowest BCUT2D eigenvalue weighted by Crippen LogP contribution is -2.55. The van der Waals surface area contributed by atoms with Crippen LogP contribution in [0.5, 0.6) is 0 Å². The molecular weight excluding hydrogens is 332 g/mol. The highest BCUT2D eigenvalue weighted by atomic mass is 16.1. The Balaban J connectivity index is 1.74. The fraction of sp³-hybridized carbons (Fsp3) is 0.458. The minimum atomic E-state index is -0.749. The number of nitrogens with zero attached hydrogens (tertiary/aromatic N) is 1. The number of nitrogens with two attached hydrogens (primary N) is 1. The van der Waals surface area contributed by atoms with Gasteiger partial charge in [-0.3, -0.25) is 4.79 Å². The van der Waals surface area contributed by atoms with E-state index in [1.165, 1.54) is 25.7 Å². The Morgan fingerprint density at radius 1 is 0.926 bits per heavy atom. The fourth-order valence-corrected chi connectivity index (χ4v) is 5.83. The highest BCUT2D eigenvalue weighted by Gasteiger charge is 2.51. The van der Waals surface area contributed by atoms with Gasteiger partial charge in [-0.05, 0) is 23.5 Å². The van der Waals surface area contributed by atoms with Crippen LogP contribution in [0.2, 0.25) is 0 Å². The topological polar surface area (TPSA) is 43.1 Å². The van der Waals surface area contributed by atoms with E-state index in [9.17, 15) is 4.79 Å². The average Bonchev–Trinajstić information content (AvgIpc) is 2.85. The third-order valence-corrected chi connectivity index (χ3v) is 7.47. The van der Waals surface area contributed by atoms with Crippen molar-refractivity contribution in [3.63, 3.8) is 0 Å². The third-order valence-electron chi connectivity index (χ3n) is 7.47. The number of hydrogen-bond acceptors (Lipinski definition) is 1. The molecule has 4 rings (SSSR count). The lowest BCUT2D eigenvalue weighted by Gasteiger charge is -2.46. The second kappa shape index (κ2) is 6.79. The monoisotopic (exact) mass is 363 g/mol. The lowest BCUT2D eigenvalue weighted by atomic mass is 9.66. The first-order chi connectivity index (χ1) is 12.9. The van der Waals surface area contributed by atoms with Gasteiger partial charge in [0.15, 0.2) is 0 Å². The zero-order valence-electron chi connectivity index (χ0n) is 16.5. The summed E-state index contributed by atoms with van der Waals surface area (Å²) in [5.74, 6) is 0.299. The number of amides is 1. The van der Waals surface area contributed by atoms with Crippen LogP contribution in [0.15, 0.2) is 60.7 Å². The Morgan fingerprint density at radius 2 is 1.37 bits per heavy atom. The van der Waals surface area contributed by atoms with Gasteiger partial charge in [-0.15, -0.1) is 0 Å². The molecule has 2 saturated heterocycles. The molecule has 3 nitrogen and oxygen atoms in total. The number of primary amides is 1. The van der Waals surface area contributed by atoms with Crippen LogP contribution in [0.4, 0.5) is 0 Å². The molecule has 1 amide bonds. The molecule has 2 aromatic carbocycles. The van der Waals surface area contributed by atoms with E-state index in [1.54, 1.807) is 0 Å². The summed E-state index contributed by atoms with van der Waals surface area (Å²) in [6.07, 6.45) is 5.82. The van der Waals surface area contributed by atoms with Crippen LogP contribution in [-0.2, 0) is 10.2 Å². The van der Waals surface area contributed by atoms with Crippen LogP contribution in [0, 0.1) is 5.92 Å². The van der Waals surface area contributed by atoms with Gasteiger partial charge in [0.2, 0.25) is 5.91 Å². The first kappa shape index (κ1) is 18.2. The molecule has 3 atom stereocenters. The summed E-state index contributed by atoms with van der Waals surface area (Å²) in [6.45, 7) is 0. The smallest absolute Gasteiger partial charge is 0.232 e. The van der Waals surface area contributed by atoms with E-state index in [1.807, 2.05) is 36.4 Å². The van der Waals surface area contributed by atoms with Gasteiger partial charge in [-0.2, -0.15) is 0 Å². The van der Waals surface area contributed by atoms with Gasteiger partial charge in [0.1, 0.15) is 0 Å². The lowest BCUT2D eigenvalue weighted by molar-refractivity contribution is -0.931. The number of hydrogen-bond donors (Lipinski definition) is 1. The van der Waals surface area contributed by atoms with E-state index < -0.39 is 5.41 Å². The summed E-state index contributed by atoms with van der Waals surface area (Å²) < 4.78 is 1.15. The second-order valence-corrected chi connectivity index (χ2v) is 9.06. The van der Waals surface area contributed by atoms with Crippen molar-refractivity contribution >= 4 is 5.91 Å². The molecule has 2 N–H and O–H groups in total. The fourth-order valence-electron chi connectivity index (χ4n) is 5.83. The summed E-state index contributed by atoms with van der Waals surface area (Å²) in [6, 6.07) is 21.7. The minimum Gasteiger partial charge on any atom is -0.369 e. The maximum absolute atomic E-state index is 13.0. The summed E-state index contributed by atoms with van der Waals surface area (Å²) >= 11 is 0. The summed E-state index contributed by atoms with van der Waals surface area (Å²) in [5.41, 5.74) is 7.45. The van der Waals surface area contributed by atoms with Crippen LogP contribution in [0.25, 0.3) is 0 Å². The van der Waals surface area contributed by atoms with Crippen LogP contribution < -0.4 is 5.73 Å². The molecule has 2 aromatic rings. The van der Waals surface area contributed by atoms with E-state index in [0.717, 1.165) is 22.0 Å². The third kappa shape index (κ3) is 2.98. The predicted octanol–water partition coefficient (Wildman–Crippen LogP) is 3.87. The van der Waals surface area contributed by atoms with Crippen LogP contribution >= 0.6 is 0 Å². The molecule has 0 aromatic heterocycles. The van der Waals surface area contributed by atoms with Gasteiger partial charge in [-0.25, -0.2) is 0 Å². The number of rotatable bonds is 5. The Hall–Kier alpha value is -2.13. The molecule has 0 aliphatic carbocycles. The van der Waals surface area contributed by atoms with Gasteiger partial charge in [0.25, 0.3) is 0 Å². The average molecular weight is 364 g/mol. The number of carbonyl (C=O) groups excluding carboxylic acids is 1. The first-order valence-electron chi connectivity index (χ1n) is 10.2. The van der Waals surface area contributed by atoms with Crippen LogP contribution in [0.1, 0.15) is 43.2 Å². The van der Waals surface area contributed by atoms with E-state index >= 15 is 0 Å². The molecule has 2 heterocycles. The molecule has 3 heteroatoms. The number of fused-ring (bicyclic) bond motifs is 2. The zero-order chi connectivity index (χ0) is 19.1. The molecular formula is C24H31N2O+. The maximum atomic E-state index is 13.0. The van der Waals surface area contributed by atoms with Crippen molar-refractivity contribution in [3.05, 3.63) is 71.8 Å². The number of benzene rings is 2. The van der Waals surface area contributed by atoms with Gasteiger partial charge in [0, 0.05) is 25.7 Å². The Kier molecular flexibility index (Phi) is 4.59. The van der Waals surface area contributed by atoms with Crippen molar-refractivity contribution in [2.45, 2.75) is 49.6 Å². The quantitative estimate of drug-likeness (QED) is 0.805. The molecule has 27 heavy (non-hydrogen) atoms. The SMILES string of the molecule is C[N+]1(C)[C@@H]2CC[C@H]1C[C@@H](CC(C(N)=O)(c1ccccc1)c1ccccc1)C2. The van der Waals surface area contributed by atoms with Crippen LogP contribution in [0.3, 0.4) is 0 Å². The van der Waals surface area contributed by atoms with E-state index in [-0.39, 0.29) is 5.91 Å². The molecule has 0 unspecified atom stereocenters. The summed E-state index contributed by atoms with van der Waals surface area (Å²) in [7, 11) is 4.77. The van der Waals surface area contributed by atoms with Gasteiger partial charge in [-0.1, -0.05) is 60.7 Å². The van der Waals surface area contributed by atoms with Crippen molar-refractivity contribution in [2.24, 2.45) is 11.7 Å². The molecule has 0 radical (unpaired) electrons. The van der Waals surface area contributed by atoms with Crippen molar-refractivity contribution in [3.8, 4) is 0 Å².